The van der Waals surface area contributed by atoms with E-state index in [0.29, 0.717) is 11.8 Å². The lowest BCUT2D eigenvalue weighted by Crippen LogP contribution is -2.49. The predicted molar refractivity (Wildman–Crippen MR) is 132 cm³/mol. The second-order valence-electron chi connectivity index (χ2n) is 8.49. The van der Waals surface area contributed by atoms with Crippen molar-refractivity contribution in [3.63, 3.8) is 0 Å². The number of likely N-dealkylation sites (tertiary alicyclic amines) is 1. The third kappa shape index (κ3) is 8.70. The first-order chi connectivity index (χ1) is 13.7. The maximum absolute atomic E-state index is 9.35. The van der Waals surface area contributed by atoms with Gasteiger partial charge in [0.05, 0.1) is 0 Å². The van der Waals surface area contributed by atoms with Crippen LogP contribution < -0.4 is 10.6 Å². The number of aryl methyl sites for hydroxylation is 1. The number of aliphatic imine (C=N–C) groups is 1. The molecular weight excluding hydrogens is 475 g/mol. The minimum absolute atomic E-state index is 0. The summed E-state index contributed by atoms with van der Waals surface area (Å²) in [5, 5.41) is 16.4. The molecule has 3 N–H and O–H groups in total. The van der Waals surface area contributed by atoms with Crippen LogP contribution in [0.5, 0.6) is 5.75 Å². The van der Waals surface area contributed by atoms with E-state index in [4.69, 9.17) is 0 Å². The van der Waals surface area contributed by atoms with Gasteiger partial charge in [-0.25, -0.2) is 0 Å². The number of hydrogen-bond donors (Lipinski definition) is 3. The molecule has 1 aliphatic carbocycles. The third-order valence-electron chi connectivity index (χ3n) is 6.26. The van der Waals surface area contributed by atoms with E-state index in [9.17, 15) is 5.11 Å². The molecule has 0 radical (unpaired) electrons. The van der Waals surface area contributed by atoms with Crippen LogP contribution in [0.25, 0.3) is 0 Å². The van der Waals surface area contributed by atoms with Crippen molar-refractivity contribution >= 4 is 29.9 Å². The Kier molecular flexibility index (Phi) is 11.1. The minimum Gasteiger partial charge on any atom is -0.508 e. The van der Waals surface area contributed by atoms with Crippen LogP contribution in [0.3, 0.4) is 0 Å². The average Bonchev–Trinajstić information content (AvgIpc) is 2.73. The Bertz CT molecular complexity index is 593. The van der Waals surface area contributed by atoms with Gasteiger partial charge in [-0.15, -0.1) is 24.0 Å². The monoisotopic (exact) mass is 514 g/mol. The molecule has 29 heavy (non-hydrogen) atoms. The molecule has 0 bridgehead atoms. The molecule has 1 saturated carbocycles. The summed E-state index contributed by atoms with van der Waals surface area (Å²) in [7, 11) is 1.85. The molecule has 0 aromatic heterocycles. The fourth-order valence-electron chi connectivity index (χ4n) is 4.54. The number of rotatable bonds is 7. The van der Waals surface area contributed by atoms with Crippen LogP contribution in [0.2, 0.25) is 0 Å². The van der Waals surface area contributed by atoms with Gasteiger partial charge < -0.3 is 20.6 Å². The summed E-state index contributed by atoms with van der Waals surface area (Å²) in [5.74, 6) is 2.20. The molecule has 5 nitrogen and oxygen atoms in total. The van der Waals surface area contributed by atoms with Gasteiger partial charge in [-0.3, -0.25) is 4.99 Å². The number of guanidine groups is 1. The first-order valence-electron chi connectivity index (χ1n) is 11.2. The van der Waals surface area contributed by atoms with Crippen LogP contribution in [0, 0.1) is 5.92 Å². The second-order valence-corrected chi connectivity index (χ2v) is 8.49. The van der Waals surface area contributed by atoms with Crippen molar-refractivity contribution in [3.05, 3.63) is 29.8 Å². The summed E-state index contributed by atoms with van der Waals surface area (Å²) in [5.41, 5.74) is 1.26. The summed E-state index contributed by atoms with van der Waals surface area (Å²) >= 11 is 0. The molecule has 164 valence electrons. The highest BCUT2D eigenvalue weighted by Crippen LogP contribution is 2.25. The molecule has 0 spiro atoms. The summed E-state index contributed by atoms with van der Waals surface area (Å²) in [6.07, 6.45) is 11.7. The zero-order chi connectivity index (χ0) is 19.6. The lowest BCUT2D eigenvalue weighted by molar-refractivity contribution is 0.160. The highest BCUT2D eigenvalue weighted by atomic mass is 127. The summed E-state index contributed by atoms with van der Waals surface area (Å²) in [4.78, 5) is 7.08. The average molecular weight is 514 g/mol. The van der Waals surface area contributed by atoms with Crippen molar-refractivity contribution in [2.75, 3.05) is 33.2 Å². The van der Waals surface area contributed by atoms with Gasteiger partial charge in [-0.2, -0.15) is 0 Å². The van der Waals surface area contributed by atoms with Crippen LogP contribution in [-0.2, 0) is 6.42 Å². The molecular formula is C23H39IN4O. The van der Waals surface area contributed by atoms with Gasteiger partial charge in [0, 0.05) is 39.3 Å². The quantitative estimate of drug-likeness (QED) is 0.222. The SMILES string of the molecule is CN=C(NCCCc1ccc(O)cc1)NC1CCN(CC2CCCCC2)CC1.I. The number of aromatic hydroxyl groups is 1. The lowest BCUT2D eigenvalue weighted by atomic mass is 9.88. The van der Waals surface area contributed by atoms with Gasteiger partial charge in [-0.1, -0.05) is 31.4 Å². The molecule has 0 unspecified atom stereocenters. The van der Waals surface area contributed by atoms with Crippen molar-refractivity contribution in [2.24, 2.45) is 10.9 Å². The summed E-state index contributed by atoms with van der Waals surface area (Å²) < 4.78 is 0. The van der Waals surface area contributed by atoms with Gasteiger partial charge in [0.15, 0.2) is 5.96 Å². The molecule has 1 heterocycles. The highest BCUT2D eigenvalue weighted by Gasteiger charge is 2.23. The van der Waals surface area contributed by atoms with Crippen LogP contribution in [0.1, 0.15) is 56.9 Å². The normalized spacial score (nSPS) is 19.6. The number of hydrogen-bond acceptors (Lipinski definition) is 3. The predicted octanol–water partition coefficient (Wildman–Crippen LogP) is 4.15. The summed E-state index contributed by atoms with van der Waals surface area (Å²) in [6, 6.07) is 8.02. The fourth-order valence-corrected chi connectivity index (χ4v) is 4.54. The zero-order valence-electron chi connectivity index (χ0n) is 17.9. The van der Waals surface area contributed by atoms with E-state index >= 15 is 0 Å². The molecule has 2 fully saturated rings. The minimum atomic E-state index is 0. The molecule has 2 aliphatic rings. The first kappa shape index (κ1) is 24.3. The maximum atomic E-state index is 9.35. The number of benzene rings is 1. The number of nitrogens with one attached hydrogen (secondary N) is 2. The van der Waals surface area contributed by atoms with E-state index in [1.54, 1.807) is 12.1 Å². The van der Waals surface area contributed by atoms with Crippen molar-refractivity contribution in [1.29, 1.82) is 0 Å². The van der Waals surface area contributed by atoms with Gasteiger partial charge in [0.2, 0.25) is 0 Å². The van der Waals surface area contributed by atoms with E-state index in [1.807, 2.05) is 19.2 Å². The molecule has 1 saturated heterocycles. The second kappa shape index (κ2) is 13.3. The largest absolute Gasteiger partial charge is 0.508 e. The Hall–Kier alpha value is -1.02. The van der Waals surface area contributed by atoms with Gasteiger partial charge in [0.1, 0.15) is 5.75 Å². The van der Waals surface area contributed by atoms with E-state index in [2.05, 4.69) is 20.5 Å². The number of nitrogens with zero attached hydrogens (tertiary/aromatic N) is 2. The topological polar surface area (TPSA) is 59.9 Å². The van der Waals surface area contributed by atoms with Gasteiger partial charge in [-0.05, 0) is 62.1 Å². The van der Waals surface area contributed by atoms with Gasteiger partial charge >= 0.3 is 0 Å². The first-order valence-corrected chi connectivity index (χ1v) is 11.2. The van der Waals surface area contributed by atoms with E-state index in [0.717, 1.165) is 31.3 Å². The maximum Gasteiger partial charge on any atom is 0.191 e. The Morgan fingerprint density at radius 3 is 2.41 bits per heavy atom. The van der Waals surface area contributed by atoms with Gasteiger partial charge in [0.25, 0.3) is 0 Å². The Labute approximate surface area is 193 Å². The highest BCUT2D eigenvalue weighted by molar-refractivity contribution is 14.0. The molecule has 0 amide bonds. The third-order valence-corrected chi connectivity index (χ3v) is 6.26. The molecule has 0 atom stereocenters. The van der Waals surface area contributed by atoms with Crippen LogP contribution in [0.4, 0.5) is 0 Å². The van der Waals surface area contributed by atoms with Crippen LogP contribution >= 0.6 is 24.0 Å². The Morgan fingerprint density at radius 2 is 1.76 bits per heavy atom. The van der Waals surface area contributed by atoms with E-state index < -0.39 is 0 Å². The molecule has 6 heteroatoms. The molecule has 1 aromatic rings. The van der Waals surface area contributed by atoms with Crippen molar-refractivity contribution < 1.29 is 5.11 Å². The van der Waals surface area contributed by atoms with E-state index in [-0.39, 0.29) is 24.0 Å². The van der Waals surface area contributed by atoms with Crippen LogP contribution in [-0.4, -0.2) is 55.2 Å². The standard InChI is InChI=1S/C23H38N4O.HI/c1-24-23(25-15-5-8-19-9-11-22(28)12-10-19)26-21-13-16-27(17-14-21)18-20-6-3-2-4-7-20;/h9-12,20-21,28H,2-8,13-18H2,1H3,(H2,24,25,26);1H. The van der Waals surface area contributed by atoms with Crippen molar-refractivity contribution in [2.45, 2.75) is 63.8 Å². The number of phenols is 1. The fraction of sp³-hybridized carbons (Fsp3) is 0.696. The molecule has 3 rings (SSSR count). The van der Waals surface area contributed by atoms with E-state index in [1.165, 1.54) is 70.1 Å². The Balaban J connectivity index is 0.00000300. The summed E-state index contributed by atoms with van der Waals surface area (Å²) in [6.45, 7) is 4.65. The zero-order valence-corrected chi connectivity index (χ0v) is 20.2. The van der Waals surface area contributed by atoms with Crippen molar-refractivity contribution in [3.8, 4) is 5.75 Å². The molecule has 1 aromatic carbocycles. The smallest absolute Gasteiger partial charge is 0.191 e. The van der Waals surface area contributed by atoms with Crippen LogP contribution in [0.15, 0.2) is 29.3 Å². The lowest BCUT2D eigenvalue weighted by Gasteiger charge is -2.36. The Morgan fingerprint density at radius 1 is 1.07 bits per heavy atom. The van der Waals surface area contributed by atoms with Crippen molar-refractivity contribution in [1.82, 2.24) is 15.5 Å². The number of halogens is 1. The number of phenolic OH excluding ortho intramolecular Hbond substituents is 1. The number of piperidine rings is 1. The molecule has 1 aliphatic heterocycles.